The zero-order valence-corrected chi connectivity index (χ0v) is 39.3. The number of aromatic nitrogens is 5. The second-order valence-corrected chi connectivity index (χ2v) is 19.8. The fraction of sp³-hybridized carbons (Fsp3) is 0.222. The van der Waals surface area contributed by atoms with Crippen molar-refractivity contribution >= 4 is 103 Å². The number of anilines is 5. The Bertz CT molecular complexity index is 3440. The molecule has 4 heterocycles. The fourth-order valence-corrected chi connectivity index (χ4v) is 10.7. The molecule has 0 aliphatic carbocycles. The van der Waals surface area contributed by atoms with Crippen LogP contribution in [-0.2, 0) is 45.9 Å². The molecule has 0 spiro atoms. The van der Waals surface area contributed by atoms with Gasteiger partial charge >= 0.3 is 0 Å². The van der Waals surface area contributed by atoms with Gasteiger partial charge in [0.15, 0.2) is 16.8 Å². The molecule has 0 atom stereocenters. The van der Waals surface area contributed by atoms with Crippen molar-refractivity contribution in [1.82, 2.24) is 24.7 Å². The average Bonchev–Trinajstić information content (AvgIpc) is 3.99. The third kappa shape index (κ3) is 8.73. The van der Waals surface area contributed by atoms with Crippen molar-refractivity contribution in [1.29, 1.82) is 5.26 Å². The van der Waals surface area contributed by atoms with Crippen molar-refractivity contribution in [3.63, 3.8) is 0 Å². The molecule has 65 heavy (non-hydrogen) atoms. The number of nitriles is 1. The number of benzene rings is 4. The molecule has 0 saturated carbocycles. The maximum atomic E-state index is 12.2. The van der Waals surface area contributed by atoms with E-state index in [0.717, 1.165) is 57.8 Å². The normalized spacial score (nSPS) is 12.1. The molecule has 0 radical (unpaired) electrons. The monoisotopic (exact) mass is 946 g/mol. The number of fused-ring (bicyclic) bond motifs is 2. The lowest BCUT2D eigenvalue weighted by molar-refractivity contribution is 0.481. The summed E-state index contributed by atoms with van der Waals surface area (Å²) in [6.45, 7) is 11.8. The lowest BCUT2D eigenvalue weighted by Crippen LogP contribution is -2.16. The van der Waals surface area contributed by atoms with Gasteiger partial charge in [-0.25, -0.2) is 15.0 Å². The summed E-state index contributed by atoms with van der Waals surface area (Å²) in [7, 11) is -8.95. The summed E-state index contributed by atoms with van der Waals surface area (Å²) in [6.07, 6.45) is 2.80. The molecular formula is C45H42N10O6S4. The van der Waals surface area contributed by atoms with Crippen molar-refractivity contribution in [2.75, 3.05) is 10.2 Å². The highest BCUT2D eigenvalue weighted by Crippen LogP contribution is 2.46. The Morgan fingerprint density at radius 1 is 0.738 bits per heavy atom. The number of para-hydroxylation sites is 2. The molecular weight excluding hydrogens is 905 g/mol. The number of azo groups is 1. The molecule has 0 fully saturated rings. The van der Waals surface area contributed by atoms with Crippen molar-refractivity contribution < 1.29 is 25.9 Å². The molecule has 8 aromatic rings. The lowest BCUT2D eigenvalue weighted by Gasteiger charge is -2.27. The maximum absolute atomic E-state index is 12.2. The number of nitrogens with one attached hydrogen (secondary N) is 1. The Labute approximate surface area is 383 Å². The molecule has 4 aromatic heterocycles. The van der Waals surface area contributed by atoms with Crippen LogP contribution in [0.5, 0.6) is 0 Å². The second kappa shape index (κ2) is 17.8. The Morgan fingerprint density at radius 3 is 1.85 bits per heavy atom. The standard InChI is InChI=1S/C45H42N10O6S4/c1-7-27-13-11-14-28(8-2)40(27)50-42-39(51-52-43-33(24-46)26(6)53-55(43)45-48-35-20-18-32(65(59,60)61)23-37(35)63-45)25(5)21-38(49-42)54(41-29(9-3)15-12-16-30(41)10-4)44-47-34-19-17-31(64(56,57)58)22-36(34)62-44/h11-23H,7-10H2,1-6H3,(H,49,50)(H,56,57,58)(H,59,60,61). The molecule has 16 nitrogen and oxygen atoms in total. The molecule has 8 rings (SSSR count). The molecule has 0 bridgehead atoms. The minimum absolute atomic E-state index is 0.0847. The topological polar surface area (TPSA) is 229 Å². The summed E-state index contributed by atoms with van der Waals surface area (Å²) in [5, 5.41) is 28.9. The van der Waals surface area contributed by atoms with E-state index in [4.69, 9.17) is 15.1 Å². The van der Waals surface area contributed by atoms with Crippen molar-refractivity contribution in [2.24, 2.45) is 10.2 Å². The number of hydrogen-bond acceptors (Lipinski definition) is 15. The van der Waals surface area contributed by atoms with E-state index < -0.39 is 20.2 Å². The van der Waals surface area contributed by atoms with Crippen LogP contribution in [0, 0.1) is 25.2 Å². The smallest absolute Gasteiger partial charge is 0.294 e. The first-order valence-electron chi connectivity index (χ1n) is 20.5. The first-order chi connectivity index (χ1) is 31.1. The van der Waals surface area contributed by atoms with Gasteiger partial charge in [0.25, 0.3) is 20.2 Å². The fourth-order valence-electron chi connectivity index (χ4n) is 7.57. The van der Waals surface area contributed by atoms with Gasteiger partial charge in [0, 0.05) is 5.69 Å². The second-order valence-electron chi connectivity index (χ2n) is 15.0. The third-order valence-electron chi connectivity index (χ3n) is 10.9. The number of hydrogen-bond donors (Lipinski definition) is 3. The average molecular weight is 947 g/mol. The SMILES string of the molecule is CCc1cccc(CC)c1Nc1nc(N(c2nc3ccc(S(=O)(=O)O)cc3s2)c2c(CC)cccc2CC)cc(C)c1N=Nc1c(C#N)c(C)nn1-c1nc2ccc(S(=O)(=O)O)cc2s1. The molecule has 3 N–H and O–H groups in total. The first-order valence-corrected chi connectivity index (χ1v) is 25.1. The lowest BCUT2D eigenvalue weighted by atomic mass is 10.0. The predicted molar refractivity (Wildman–Crippen MR) is 254 cm³/mol. The summed E-state index contributed by atoms with van der Waals surface area (Å²) >= 11 is 2.36. The summed E-state index contributed by atoms with van der Waals surface area (Å²) in [5.74, 6) is 0.921. The van der Waals surface area contributed by atoms with Gasteiger partial charge in [0.1, 0.15) is 23.1 Å². The molecule has 0 saturated heterocycles. The Balaban J connectivity index is 1.36. The third-order valence-corrected chi connectivity index (χ3v) is 14.6. The van der Waals surface area contributed by atoms with E-state index in [-0.39, 0.29) is 26.3 Å². The quantitative estimate of drug-likeness (QED) is 0.0681. The summed E-state index contributed by atoms with van der Waals surface area (Å²) in [5.41, 5.74) is 8.40. The molecule has 0 amide bonds. The minimum Gasteiger partial charge on any atom is -0.338 e. The number of pyridine rings is 1. The van der Waals surface area contributed by atoms with E-state index in [1.165, 1.54) is 46.4 Å². The molecule has 0 unspecified atom stereocenters. The zero-order chi connectivity index (χ0) is 46.4. The van der Waals surface area contributed by atoms with Crippen molar-refractivity contribution in [3.05, 3.63) is 118 Å². The van der Waals surface area contributed by atoms with Crippen LogP contribution < -0.4 is 10.2 Å². The Hall–Kier alpha value is -6.47. The number of rotatable bonds is 14. The van der Waals surface area contributed by atoms with Crippen LogP contribution >= 0.6 is 22.7 Å². The van der Waals surface area contributed by atoms with Gasteiger partial charge in [-0.05, 0) is 110 Å². The van der Waals surface area contributed by atoms with Gasteiger partial charge < -0.3 is 5.32 Å². The van der Waals surface area contributed by atoms with Gasteiger partial charge in [0.05, 0.1) is 41.6 Å². The molecule has 0 aliphatic rings. The van der Waals surface area contributed by atoms with E-state index in [9.17, 15) is 31.2 Å². The molecule has 332 valence electrons. The van der Waals surface area contributed by atoms with E-state index in [1.54, 1.807) is 13.0 Å². The maximum Gasteiger partial charge on any atom is 0.294 e. The molecule has 0 aliphatic heterocycles. The van der Waals surface area contributed by atoms with Crippen LogP contribution in [0.2, 0.25) is 0 Å². The minimum atomic E-state index is -4.48. The largest absolute Gasteiger partial charge is 0.338 e. The van der Waals surface area contributed by atoms with Gasteiger partial charge in [-0.3, -0.25) is 14.0 Å². The van der Waals surface area contributed by atoms with E-state index in [2.05, 4.69) is 78.5 Å². The highest BCUT2D eigenvalue weighted by molar-refractivity contribution is 7.86. The van der Waals surface area contributed by atoms with Crippen molar-refractivity contribution in [2.45, 2.75) is 77.0 Å². The highest BCUT2D eigenvalue weighted by atomic mass is 32.2. The molecule has 20 heteroatoms. The van der Waals surface area contributed by atoms with Gasteiger partial charge in [-0.1, -0.05) is 86.8 Å². The highest BCUT2D eigenvalue weighted by Gasteiger charge is 2.27. The van der Waals surface area contributed by atoms with Gasteiger partial charge in [-0.2, -0.15) is 31.9 Å². The number of nitrogens with zero attached hydrogens (tertiary/aromatic N) is 9. The number of thiazole rings is 2. The van der Waals surface area contributed by atoms with Crippen LogP contribution in [0.3, 0.4) is 0 Å². The van der Waals surface area contributed by atoms with Crippen molar-refractivity contribution in [3.8, 4) is 11.2 Å². The first kappa shape index (κ1) is 45.1. The summed E-state index contributed by atoms with van der Waals surface area (Å²) < 4.78 is 70.1. The van der Waals surface area contributed by atoms with Crippen LogP contribution in [0.4, 0.5) is 39.6 Å². The molecule has 4 aromatic carbocycles. The van der Waals surface area contributed by atoms with Crippen LogP contribution in [0.15, 0.2) is 98.9 Å². The van der Waals surface area contributed by atoms with E-state index in [1.807, 2.05) is 30.0 Å². The zero-order valence-electron chi connectivity index (χ0n) is 36.0. The van der Waals surface area contributed by atoms with Crippen LogP contribution in [0.25, 0.3) is 25.6 Å². The summed E-state index contributed by atoms with van der Waals surface area (Å²) in [4.78, 5) is 16.4. The van der Waals surface area contributed by atoms with E-state index in [0.29, 0.717) is 67.0 Å². The van der Waals surface area contributed by atoms with Crippen LogP contribution in [0.1, 0.15) is 66.8 Å². The Morgan fingerprint density at radius 2 is 1.29 bits per heavy atom. The van der Waals surface area contributed by atoms with E-state index >= 15 is 0 Å². The summed E-state index contributed by atoms with van der Waals surface area (Å²) in [6, 6.07) is 24.7. The Kier molecular flexibility index (Phi) is 12.4. The van der Waals surface area contributed by atoms with Crippen LogP contribution in [-0.4, -0.2) is 50.7 Å². The number of aryl methyl sites for hydroxylation is 6. The van der Waals surface area contributed by atoms with Gasteiger partial charge in [-0.15, -0.1) is 10.2 Å². The van der Waals surface area contributed by atoms with Gasteiger partial charge in [0.2, 0.25) is 5.13 Å². The predicted octanol–water partition coefficient (Wildman–Crippen LogP) is 11.3.